The van der Waals surface area contributed by atoms with Crippen LogP contribution in [-0.4, -0.2) is 11.6 Å². The summed E-state index contributed by atoms with van der Waals surface area (Å²) >= 11 is 0. The molecule has 0 N–H and O–H groups in total. The first-order valence-corrected chi connectivity index (χ1v) is 10.1. The first-order chi connectivity index (χ1) is 11.4. The molecule has 0 aromatic carbocycles. The van der Waals surface area contributed by atoms with Crippen molar-refractivity contribution in [2.24, 2.45) is 34.5 Å². The molecule has 0 spiro atoms. The van der Waals surface area contributed by atoms with Gasteiger partial charge in [0.2, 0.25) is 0 Å². The van der Waals surface area contributed by atoms with Crippen LogP contribution in [0.5, 0.6) is 0 Å². The van der Waals surface area contributed by atoms with Crippen molar-refractivity contribution in [1.29, 1.82) is 0 Å². The van der Waals surface area contributed by atoms with Crippen LogP contribution in [0.3, 0.4) is 0 Å². The van der Waals surface area contributed by atoms with E-state index in [0.29, 0.717) is 17.5 Å². The predicted octanol–water partition coefficient (Wildman–Crippen LogP) is 5.11. The van der Waals surface area contributed by atoms with Gasteiger partial charge in [-0.25, -0.2) is 0 Å². The third-order valence-electron chi connectivity index (χ3n) is 8.71. The summed E-state index contributed by atoms with van der Waals surface area (Å²) in [4.78, 5) is 24.2. The summed E-state index contributed by atoms with van der Waals surface area (Å²) in [6.45, 7) is 6.67. The number of hydrogen-bond acceptors (Lipinski definition) is 2. The van der Waals surface area contributed by atoms with Crippen LogP contribution >= 0.6 is 0 Å². The van der Waals surface area contributed by atoms with Gasteiger partial charge in [0.05, 0.1) is 0 Å². The number of allylic oxidation sites excluding steroid dienone is 2. The van der Waals surface area contributed by atoms with E-state index in [1.807, 2.05) is 6.92 Å². The summed E-state index contributed by atoms with van der Waals surface area (Å²) in [6, 6.07) is 0. The first kappa shape index (κ1) is 16.5. The first-order valence-electron chi connectivity index (χ1n) is 10.1. The van der Waals surface area contributed by atoms with Gasteiger partial charge in [0.25, 0.3) is 0 Å². The summed E-state index contributed by atoms with van der Waals surface area (Å²) < 4.78 is 0. The quantitative estimate of drug-likeness (QED) is 0.627. The summed E-state index contributed by atoms with van der Waals surface area (Å²) in [6.07, 6.45) is 12.1. The van der Waals surface area contributed by atoms with Gasteiger partial charge in [0.15, 0.2) is 0 Å². The number of carbonyl (C=O) groups is 2. The molecule has 2 nitrogen and oxygen atoms in total. The number of fused-ring (bicyclic) bond motifs is 5. The second-order valence-corrected chi connectivity index (χ2v) is 9.58. The van der Waals surface area contributed by atoms with E-state index in [1.165, 1.54) is 25.7 Å². The van der Waals surface area contributed by atoms with Crippen LogP contribution in [0.1, 0.15) is 78.6 Å². The molecule has 3 saturated carbocycles. The molecule has 0 aromatic heterocycles. The maximum atomic E-state index is 12.2. The summed E-state index contributed by atoms with van der Waals surface area (Å²) in [7, 11) is 0. The van der Waals surface area contributed by atoms with Crippen molar-refractivity contribution in [3.63, 3.8) is 0 Å². The van der Waals surface area contributed by atoms with E-state index >= 15 is 0 Å². The minimum absolute atomic E-state index is 0.231. The predicted molar refractivity (Wildman–Crippen MR) is 95.5 cm³/mol. The number of Topliss-reactive ketones (excluding diaryl/α,β-unsaturated/α-hetero) is 2. The Morgan fingerprint density at radius 1 is 1.04 bits per heavy atom. The smallest absolute Gasteiger partial charge is 0.133 e. The van der Waals surface area contributed by atoms with E-state index < -0.39 is 0 Å². The molecule has 0 bridgehead atoms. The summed E-state index contributed by atoms with van der Waals surface area (Å²) in [5, 5.41) is 0. The lowest BCUT2D eigenvalue weighted by molar-refractivity contribution is -0.127. The minimum Gasteiger partial charge on any atom is -0.300 e. The van der Waals surface area contributed by atoms with E-state index in [4.69, 9.17) is 0 Å². The van der Waals surface area contributed by atoms with Crippen LogP contribution in [0.4, 0.5) is 0 Å². The van der Waals surface area contributed by atoms with Crippen molar-refractivity contribution in [3.8, 4) is 0 Å². The number of ketones is 2. The van der Waals surface area contributed by atoms with Gasteiger partial charge in [-0.05, 0) is 80.5 Å². The van der Waals surface area contributed by atoms with E-state index in [9.17, 15) is 9.59 Å². The van der Waals surface area contributed by atoms with Crippen LogP contribution in [-0.2, 0) is 9.59 Å². The molecule has 24 heavy (non-hydrogen) atoms. The summed E-state index contributed by atoms with van der Waals surface area (Å²) in [5.74, 6) is 3.33. The van der Waals surface area contributed by atoms with E-state index in [1.54, 1.807) is 5.57 Å². The molecule has 0 aliphatic heterocycles. The number of rotatable bonds is 1. The Balaban J connectivity index is 1.67. The zero-order valence-electron chi connectivity index (χ0n) is 15.6. The molecule has 6 atom stereocenters. The van der Waals surface area contributed by atoms with Crippen molar-refractivity contribution in [2.45, 2.75) is 78.6 Å². The van der Waals surface area contributed by atoms with Gasteiger partial charge in [0, 0.05) is 18.8 Å². The maximum absolute atomic E-state index is 12.2. The molecule has 0 aromatic rings. The number of carbonyl (C=O) groups excluding carboxylic acids is 2. The largest absolute Gasteiger partial charge is 0.300 e. The van der Waals surface area contributed by atoms with Gasteiger partial charge in [-0.1, -0.05) is 25.5 Å². The van der Waals surface area contributed by atoms with Crippen molar-refractivity contribution >= 4 is 11.6 Å². The molecule has 132 valence electrons. The highest BCUT2D eigenvalue weighted by molar-refractivity contribution is 5.80. The lowest BCUT2D eigenvalue weighted by Gasteiger charge is -2.56. The Hall–Kier alpha value is -0.920. The van der Waals surface area contributed by atoms with E-state index in [-0.39, 0.29) is 16.7 Å². The van der Waals surface area contributed by atoms with Gasteiger partial charge in [-0.3, -0.25) is 9.59 Å². The Labute approximate surface area is 146 Å². The van der Waals surface area contributed by atoms with Crippen LogP contribution in [0.25, 0.3) is 0 Å². The molecule has 4 aliphatic carbocycles. The van der Waals surface area contributed by atoms with Crippen LogP contribution in [0.2, 0.25) is 0 Å². The lowest BCUT2D eigenvalue weighted by Crippen LogP contribution is -2.49. The second-order valence-electron chi connectivity index (χ2n) is 9.58. The molecule has 0 radical (unpaired) electrons. The Bertz CT molecular complexity index is 603. The van der Waals surface area contributed by atoms with E-state index in [2.05, 4.69) is 19.9 Å². The highest BCUT2D eigenvalue weighted by Crippen LogP contribution is 2.65. The fraction of sp³-hybridized carbons (Fsp3) is 0.818. The van der Waals surface area contributed by atoms with Crippen molar-refractivity contribution in [1.82, 2.24) is 0 Å². The Morgan fingerprint density at radius 3 is 2.58 bits per heavy atom. The fourth-order valence-electron chi connectivity index (χ4n) is 7.36. The van der Waals surface area contributed by atoms with Crippen molar-refractivity contribution < 1.29 is 9.59 Å². The lowest BCUT2D eigenvalue weighted by atomic mass is 9.48. The van der Waals surface area contributed by atoms with Gasteiger partial charge in [-0.2, -0.15) is 0 Å². The molecule has 4 aliphatic rings. The topological polar surface area (TPSA) is 34.1 Å². The third kappa shape index (κ3) is 2.21. The number of hydrogen-bond donors (Lipinski definition) is 0. The average molecular weight is 328 g/mol. The van der Waals surface area contributed by atoms with Gasteiger partial charge >= 0.3 is 0 Å². The minimum atomic E-state index is 0.231. The van der Waals surface area contributed by atoms with Crippen LogP contribution < -0.4 is 0 Å². The van der Waals surface area contributed by atoms with Gasteiger partial charge < -0.3 is 0 Å². The highest BCUT2D eigenvalue weighted by Gasteiger charge is 2.58. The molecular weight excluding hydrogens is 296 g/mol. The third-order valence-corrected chi connectivity index (χ3v) is 8.71. The van der Waals surface area contributed by atoms with Crippen LogP contribution in [0, 0.1) is 34.5 Å². The van der Waals surface area contributed by atoms with Gasteiger partial charge in [0.1, 0.15) is 11.6 Å². The highest BCUT2D eigenvalue weighted by atomic mass is 16.1. The monoisotopic (exact) mass is 328 g/mol. The standard InChI is InChI=1S/C22H32O2/c1-14(23)18-8-9-19-17-7-5-15-4-6-16(24)10-12-21(15,2)20(17)11-13-22(18,19)3/h5,17-20H,4,6-13H2,1-3H3/t17-,18+,19-,20-,21-,22+/m0/s1. The van der Waals surface area contributed by atoms with Gasteiger partial charge in [-0.15, -0.1) is 0 Å². The average Bonchev–Trinajstić information content (AvgIpc) is 2.81. The maximum Gasteiger partial charge on any atom is 0.133 e. The Morgan fingerprint density at radius 2 is 1.83 bits per heavy atom. The van der Waals surface area contributed by atoms with Crippen molar-refractivity contribution in [2.75, 3.05) is 0 Å². The molecule has 2 heteroatoms. The molecule has 0 heterocycles. The molecule has 0 unspecified atom stereocenters. The zero-order valence-corrected chi connectivity index (χ0v) is 15.6. The SMILES string of the molecule is CC(=O)[C@H]1CC[C@H]2[C@@H]3CC=C4CCC(=O)CC[C@]4(C)[C@H]3CC[C@]12C. The normalized spacial score (nSPS) is 48.0. The fourth-order valence-corrected chi connectivity index (χ4v) is 7.36. The Kier molecular flexibility index (Phi) is 3.82. The summed E-state index contributed by atoms with van der Waals surface area (Å²) in [5.41, 5.74) is 2.05. The second kappa shape index (κ2) is 5.54. The molecule has 3 fully saturated rings. The molecule has 4 rings (SSSR count). The van der Waals surface area contributed by atoms with Crippen molar-refractivity contribution in [3.05, 3.63) is 11.6 Å². The molecular formula is C22H32O2. The van der Waals surface area contributed by atoms with Crippen LogP contribution in [0.15, 0.2) is 11.6 Å². The zero-order chi connectivity index (χ0) is 17.1. The van der Waals surface area contributed by atoms with E-state index in [0.717, 1.165) is 43.9 Å². The molecule has 0 amide bonds. The molecule has 0 saturated heterocycles.